The molecular formula is C19H18N4O2. The fraction of sp³-hybridized carbons (Fsp3) is 0.263. The molecule has 0 radical (unpaired) electrons. The first kappa shape index (κ1) is 15.5. The molecule has 1 fully saturated rings. The first-order valence-electron chi connectivity index (χ1n) is 8.35. The predicted molar refractivity (Wildman–Crippen MR) is 91.0 cm³/mol. The smallest absolute Gasteiger partial charge is 0.254 e. The van der Waals surface area contributed by atoms with Gasteiger partial charge in [0.25, 0.3) is 5.91 Å². The van der Waals surface area contributed by atoms with Crippen LogP contribution in [0.5, 0.6) is 0 Å². The zero-order valence-electron chi connectivity index (χ0n) is 13.7. The molecule has 3 aromatic rings. The zero-order chi connectivity index (χ0) is 17.1. The van der Waals surface area contributed by atoms with E-state index in [-0.39, 0.29) is 11.8 Å². The van der Waals surface area contributed by atoms with E-state index in [1.807, 2.05) is 18.2 Å². The lowest BCUT2D eigenvalue weighted by atomic mass is 9.99. The lowest BCUT2D eigenvalue weighted by molar-refractivity contribution is 0.0569. The van der Waals surface area contributed by atoms with Gasteiger partial charge in [0.05, 0.1) is 5.92 Å². The number of hydrogen-bond donors (Lipinski definition) is 0. The number of benzene rings is 1. The Labute approximate surface area is 145 Å². The SMILES string of the molecule is O=C(c1ccncc1)N1CC(c2nc(CCc3ccccc3)no2)C1. The van der Waals surface area contributed by atoms with Crippen LogP contribution in [0, 0.1) is 0 Å². The largest absolute Gasteiger partial charge is 0.339 e. The maximum Gasteiger partial charge on any atom is 0.254 e. The molecule has 0 unspecified atom stereocenters. The monoisotopic (exact) mass is 334 g/mol. The summed E-state index contributed by atoms with van der Waals surface area (Å²) >= 11 is 0. The number of hydrogen-bond acceptors (Lipinski definition) is 5. The van der Waals surface area contributed by atoms with E-state index in [2.05, 4.69) is 27.3 Å². The molecule has 1 aromatic carbocycles. The van der Waals surface area contributed by atoms with Crippen LogP contribution in [-0.4, -0.2) is 39.0 Å². The molecule has 126 valence electrons. The minimum absolute atomic E-state index is 0.0162. The predicted octanol–water partition coefficient (Wildman–Crippen LogP) is 2.49. The van der Waals surface area contributed by atoms with Crippen LogP contribution in [0.2, 0.25) is 0 Å². The Bertz CT molecular complexity index is 842. The van der Waals surface area contributed by atoms with Gasteiger partial charge >= 0.3 is 0 Å². The Balaban J connectivity index is 1.31. The van der Waals surface area contributed by atoms with Gasteiger partial charge in [-0.2, -0.15) is 4.98 Å². The van der Waals surface area contributed by atoms with Crippen LogP contribution in [0.25, 0.3) is 0 Å². The molecule has 3 heterocycles. The van der Waals surface area contributed by atoms with E-state index >= 15 is 0 Å². The van der Waals surface area contributed by atoms with E-state index in [9.17, 15) is 4.79 Å². The molecule has 1 saturated heterocycles. The molecule has 1 aliphatic rings. The van der Waals surface area contributed by atoms with Gasteiger partial charge in [0, 0.05) is 37.5 Å². The summed E-state index contributed by atoms with van der Waals surface area (Å²) in [6, 6.07) is 13.7. The topological polar surface area (TPSA) is 72.1 Å². The van der Waals surface area contributed by atoms with Crippen molar-refractivity contribution in [3.8, 4) is 0 Å². The van der Waals surface area contributed by atoms with Gasteiger partial charge in [-0.1, -0.05) is 35.5 Å². The van der Waals surface area contributed by atoms with Gasteiger partial charge in [-0.05, 0) is 24.1 Å². The molecule has 1 amide bonds. The third-order valence-electron chi connectivity index (χ3n) is 4.41. The van der Waals surface area contributed by atoms with E-state index in [0.717, 1.165) is 18.7 Å². The van der Waals surface area contributed by atoms with Gasteiger partial charge in [0.1, 0.15) is 0 Å². The minimum atomic E-state index is 0.0162. The maximum absolute atomic E-state index is 12.3. The van der Waals surface area contributed by atoms with Crippen molar-refractivity contribution in [2.45, 2.75) is 18.8 Å². The van der Waals surface area contributed by atoms with Crippen LogP contribution in [0.1, 0.15) is 33.6 Å². The molecule has 6 heteroatoms. The molecule has 25 heavy (non-hydrogen) atoms. The molecule has 0 aliphatic carbocycles. The van der Waals surface area contributed by atoms with Gasteiger partial charge in [0.15, 0.2) is 5.82 Å². The number of carbonyl (C=O) groups excluding carboxylic acids is 1. The Morgan fingerprint density at radius 3 is 2.60 bits per heavy atom. The Morgan fingerprint density at radius 1 is 1.08 bits per heavy atom. The molecule has 2 aromatic heterocycles. The van der Waals surface area contributed by atoms with Crippen molar-refractivity contribution in [2.75, 3.05) is 13.1 Å². The van der Waals surface area contributed by atoms with E-state index < -0.39 is 0 Å². The maximum atomic E-state index is 12.3. The summed E-state index contributed by atoms with van der Waals surface area (Å²) in [6.07, 6.45) is 4.89. The Kier molecular flexibility index (Phi) is 4.24. The molecule has 0 saturated carbocycles. The van der Waals surface area contributed by atoms with Gasteiger partial charge in [-0.3, -0.25) is 9.78 Å². The van der Waals surface area contributed by atoms with E-state index in [1.165, 1.54) is 5.56 Å². The lowest BCUT2D eigenvalue weighted by Gasteiger charge is -2.37. The average Bonchev–Trinajstić information content (AvgIpc) is 3.09. The summed E-state index contributed by atoms with van der Waals surface area (Å²) in [6.45, 7) is 1.23. The van der Waals surface area contributed by atoms with Crippen LogP contribution >= 0.6 is 0 Å². The summed E-state index contributed by atoms with van der Waals surface area (Å²) in [5, 5.41) is 4.06. The number of aromatic nitrogens is 3. The molecule has 0 atom stereocenters. The molecule has 4 rings (SSSR count). The zero-order valence-corrected chi connectivity index (χ0v) is 13.7. The van der Waals surface area contributed by atoms with E-state index in [0.29, 0.717) is 24.5 Å². The number of pyridine rings is 1. The van der Waals surface area contributed by atoms with E-state index in [4.69, 9.17) is 4.52 Å². The number of carbonyl (C=O) groups is 1. The van der Waals surface area contributed by atoms with Gasteiger partial charge in [0.2, 0.25) is 5.89 Å². The number of likely N-dealkylation sites (tertiary alicyclic amines) is 1. The third kappa shape index (κ3) is 3.42. The third-order valence-corrected chi connectivity index (χ3v) is 4.41. The highest BCUT2D eigenvalue weighted by atomic mass is 16.5. The van der Waals surface area contributed by atoms with Crippen molar-refractivity contribution < 1.29 is 9.32 Å². The van der Waals surface area contributed by atoms with Crippen LogP contribution < -0.4 is 0 Å². The first-order valence-corrected chi connectivity index (χ1v) is 8.35. The van der Waals surface area contributed by atoms with Gasteiger partial charge < -0.3 is 9.42 Å². The van der Waals surface area contributed by atoms with Crippen molar-refractivity contribution in [3.05, 3.63) is 77.7 Å². The summed E-state index contributed by atoms with van der Waals surface area (Å²) < 4.78 is 5.38. The standard InChI is InChI=1S/C19H18N4O2/c24-19(15-8-10-20-11-9-15)23-12-16(13-23)18-21-17(22-25-18)7-6-14-4-2-1-3-5-14/h1-5,8-11,16H,6-7,12-13H2. The number of aryl methyl sites for hydroxylation is 2. The lowest BCUT2D eigenvalue weighted by Crippen LogP contribution is -2.48. The van der Waals surface area contributed by atoms with Crippen LogP contribution in [0.3, 0.4) is 0 Å². The fourth-order valence-electron chi connectivity index (χ4n) is 2.91. The second-order valence-corrected chi connectivity index (χ2v) is 6.18. The molecule has 0 spiro atoms. The molecular weight excluding hydrogens is 316 g/mol. The van der Waals surface area contributed by atoms with Crippen molar-refractivity contribution >= 4 is 5.91 Å². The van der Waals surface area contributed by atoms with Crippen LogP contribution in [0.4, 0.5) is 0 Å². The average molecular weight is 334 g/mol. The van der Waals surface area contributed by atoms with Crippen molar-refractivity contribution in [1.82, 2.24) is 20.0 Å². The number of nitrogens with zero attached hydrogens (tertiary/aromatic N) is 4. The second kappa shape index (κ2) is 6.84. The highest BCUT2D eigenvalue weighted by molar-refractivity contribution is 5.94. The van der Waals surface area contributed by atoms with Gasteiger partial charge in [-0.15, -0.1) is 0 Å². The summed E-state index contributed by atoms with van der Waals surface area (Å²) in [5.41, 5.74) is 1.91. The summed E-state index contributed by atoms with van der Waals surface area (Å²) in [5.74, 6) is 1.49. The molecule has 0 N–H and O–H groups in total. The molecule has 1 aliphatic heterocycles. The van der Waals surface area contributed by atoms with Crippen LogP contribution in [0.15, 0.2) is 59.4 Å². The first-order chi connectivity index (χ1) is 12.3. The van der Waals surface area contributed by atoms with Gasteiger partial charge in [-0.25, -0.2) is 0 Å². The van der Waals surface area contributed by atoms with Crippen molar-refractivity contribution in [3.63, 3.8) is 0 Å². The second-order valence-electron chi connectivity index (χ2n) is 6.18. The summed E-state index contributed by atoms with van der Waals surface area (Å²) in [7, 11) is 0. The van der Waals surface area contributed by atoms with Crippen molar-refractivity contribution in [2.24, 2.45) is 0 Å². The molecule has 6 nitrogen and oxygen atoms in total. The highest BCUT2D eigenvalue weighted by Gasteiger charge is 2.35. The molecule has 0 bridgehead atoms. The number of amides is 1. The fourth-order valence-corrected chi connectivity index (χ4v) is 2.91. The Hall–Kier alpha value is -3.02. The van der Waals surface area contributed by atoms with Crippen molar-refractivity contribution in [1.29, 1.82) is 0 Å². The minimum Gasteiger partial charge on any atom is -0.339 e. The quantitative estimate of drug-likeness (QED) is 0.717. The van der Waals surface area contributed by atoms with E-state index in [1.54, 1.807) is 29.4 Å². The van der Waals surface area contributed by atoms with Crippen LogP contribution in [-0.2, 0) is 12.8 Å². The number of rotatable bonds is 5. The highest BCUT2D eigenvalue weighted by Crippen LogP contribution is 2.27. The normalized spacial score (nSPS) is 14.3. The summed E-state index contributed by atoms with van der Waals surface area (Å²) in [4.78, 5) is 22.5. The Morgan fingerprint density at radius 2 is 1.84 bits per heavy atom.